The van der Waals surface area contributed by atoms with Gasteiger partial charge in [-0.2, -0.15) is 0 Å². The molecule has 0 bridgehead atoms. The standard InChI is InChI=1S/C15H24N2O/c1-4-17(14-9-6-5-7-10-14)15(18)11-8-12-16-13(2)3/h5-7,9-10,13,16H,4,8,11-12H2,1-3H3. The van der Waals surface area contributed by atoms with Crippen LogP contribution in [0.4, 0.5) is 5.69 Å². The Labute approximate surface area is 110 Å². The number of amides is 1. The highest BCUT2D eigenvalue weighted by Gasteiger charge is 2.12. The summed E-state index contributed by atoms with van der Waals surface area (Å²) in [6.07, 6.45) is 1.49. The lowest BCUT2D eigenvalue weighted by molar-refractivity contribution is -0.118. The number of rotatable bonds is 7. The highest BCUT2D eigenvalue weighted by molar-refractivity contribution is 5.93. The second kappa shape index (κ2) is 7.88. The summed E-state index contributed by atoms with van der Waals surface area (Å²) >= 11 is 0. The summed E-state index contributed by atoms with van der Waals surface area (Å²) in [7, 11) is 0. The summed E-state index contributed by atoms with van der Waals surface area (Å²) in [6, 6.07) is 10.3. The predicted octanol–water partition coefficient (Wildman–Crippen LogP) is 2.82. The second-order valence-corrected chi connectivity index (χ2v) is 4.69. The molecule has 0 radical (unpaired) electrons. The third-order valence-electron chi connectivity index (χ3n) is 2.81. The van der Waals surface area contributed by atoms with Gasteiger partial charge in [-0.25, -0.2) is 0 Å². The smallest absolute Gasteiger partial charge is 0.227 e. The monoisotopic (exact) mass is 248 g/mol. The van der Waals surface area contributed by atoms with Crippen LogP contribution in [0, 0.1) is 0 Å². The van der Waals surface area contributed by atoms with E-state index in [9.17, 15) is 4.79 Å². The fourth-order valence-electron chi connectivity index (χ4n) is 1.88. The van der Waals surface area contributed by atoms with E-state index in [0.717, 1.165) is 25.2 Å². The van der Waals surface area contributed by atoms with Gasteiger partial charge in [-0.1, -0.05) is 32.0 Å². The highest BCUT2D eigenvalue weighted by atomic mass is 16.2. The van der Waals surface area contributed by atoms with Gasteiger partial charge in [-0.3, -0.25) is 4.79 Å². The van der Waals surface area contributed by atoms with Crippen molar-refractivity contribution in [3.63, 3.8) is 0 Å². The second-order valence-electron chi connectivity index (χ2n) is 4.69. The first-order valence-corrected chi connectivity index (χ1v) is 6.74. The quantitative estimate of drug-likeness (QED) is 0.753. The zero-order chi connectivity index (χ0) is 13.4. The maximum absolute atomic E-state index is 12.1. The Balaban J connectivity index is 2.43. The van der Waals surface area contributed by atoms with Crippen LogP contribution in [0.1, 0.15) is 33.6 Å². The Bertz CT molecular complexity index is 349. The van der Waals surface area contributed by atoms with Crippen molar-refractivity contribution < 1.29 is 4.79 Å². The van der Waals surface area contributed by atoms with E-state index < -0.39 is 0 Å². The first-order valence-electron chi connectivity index (χ1n) is 6.74. The Morgan fingerprint density at radius 3 is 2.50 bits per heavy atom. The number of hydrogen-bond acceptors (Lipinski definition) is 2. The lowest BCUT2D eigenvalue weighted by atomic mass is 10.2. The molecule has 0 fully saturated rings. The molecule has 0 aliphatic rings. The van der Waals surface area contributed by atoms with Crippen LogP contribution in [0.25, 0.3) is 0 Å². The molecule has 1 rings (SSSR count). The summed E-state index contributed by atoms with van der Waals surface area (Å²) in [4.78, 5) is 14.0. The highest BCUT2D eigenvalue weighted by Crippen LogP contribution is 2.14. The molecule has 0 aliphatic carbocycles. The normalized spacial score (nSPS) is 10.7. The molecule has 0 heterocycles. The molecule has 0 saturated heterocycles. The third kappa shape index (κ3) is 4.88. The molecule has 18 heavy (non-hydrogen) atoms. The predicted molar refractivity (Wildman–Crippen MR) is 76.8 cm³/mol. The molecule has 3 heteroatoms. The maximum atomic E-state index is 12.1. The van der Waals surface area contributed by atoms with E-state index in [1.165, 1.54) is 0 Å². The van der Waals surface area contributed by atoms with Crippen molar-refractivity contribution in [1.29, 1.82) is 0 Å². The first-order chi connectivity index (χ1) is 8.65. The van der Waals surface area contributed by atoms with Gasteiger partial charge in [0, 0.05) is 24.7 Å². The Kier molecular flexibility index (Phi) is 6.44. The van der Waals surface area contributed by atoms with Crippen LogP contribution < -0.4 is 10.2 Å². The summed E-state index contributed by atoms with van der Waals surface area (Å²) in [5, 5.41) is 3.33. The van der Waals surface area contributed by atoms with Crippen LogP contribution in [-0.2, 0) is 4.79 Å². The minimum absolute atomic E-state index is 0.203. The molecule has 1 aromatic rings. The maximum Gasteiger partial charge on any atom is 0.227 e. The fraction of sp³-hybridized carbons (Fsp3) is 0.533. The molecule has 1 aromatic carbocycles. The minimum Gasteiger partial charge on any atom is -0.315 e. The number of benzene rings is 1. The summed E-state index contributed by atoms with van der Waals surface area (Å²) in [5.74, 6) is 0.203. The Morgan fingerprint density at radius 2 is 1.94 bits per heavy atom. The SMILES string of the molecule is CCN(C(=O)CCCNC(C)C)c1ccccc1. The number of para-hydroxylation sites is 1. The fourth-order valence-corrected chi connectivity index (χ4v) is 1.88. The molecule has 0 unspecified atom stereocenters. The molecule has 0 atom stereocenters. The average molecular weight is 248 g/mol. The van der Waals surface area contributed by atoms with Crippen LogP contribution in [0.15, 0.2) is 30.3 Å². The van der Waals surface area contributed by atoms with E-state index in [1.807, 2.05) is 42.2 Å². The van der Waals surface area contributed by atoms with Crippen molar-refractivity contribution in [3.8, 4) is 0 Å². The molecule has 1 amide bonds. The third-order valence-corrected chi connectivity index (χ3v) is 2.81. The van der Waals surface area contributed by atoms with Crippen molar-refractivity contribution in [2.45, 2.75) is 39.7 Å². The molecule has 0 aromatic heterocycles. The lowest BCUT2D eigenvalue weighted by Gasteiger charge is -2.21. The van der Waals surface area contributed by atoms with Gasteiger partial charge in [-0.15, -0.1) is 0 Å². The lowest BCUT2D eigenvalue weighted by Crippen LogP contribution is -2.31. The van der Waals surface area contributed by atoms with Crippen molar-refractivity contribution >= 4 is 11.6 Å². The van der Waals surface area contributed by atoms with Gasteiger partial charge in [0.2, 0.25) is 5.91 Å². The van der Waals surface area contributed by atoms with E-state index >= 15 is 0 Å². The largest absolute Gasteiger partial charge is 0.315 e. The van der Waals surface area contributed by atoms with Crippen molar-refractivity contribution in [3.05, 3.63) is 30.3 Å². The first kappa shape index (κ1) is 14.7. The minimum atomic E-state index is 0.203. The number of carbonyl (C=O) groups excluding carboxylic acids is 1. The summed E-state index contributed by atoms with van der Waals surface area (Å²) < 4.78 is 0. The van der Waals surface area contributed by atoms with Gasteiger partial charge in [0.15, 0.2) is 0 Å². The number of nitrogens with zero attached hydrogens (tertiary/aromatic N) is 1. The Hall–Kier alpha value is -1.35. The van der Waals surface area contributed by atoms with E-state index in [2.05, 4.69) is 19.2 Å². The summed E-state index contributed by atoms with van der Waals surface area (Å²) in [5.41, 5.74) is 0.988. The van der Waals surface area contributed by atoms with Gasteiger partial charge < -0.3 is 10.2 Å². The van der Waals surface area contributed by atoms with Crippen LogP contribution >= 0.6 is 0 Å². The van der Waals surface area contributed by atoms with Crippen LogP contribution in [0.3, 0.4) is 0 Å². The van der Waals surface area contributed by atoms with Gasteiger partial charge in [0.25, 0.3) is 0 Å². The van der Waals surface area contributed by atoms with Gasteiger partial charge in [0.1, 0.15) is 0 Å². The summed E-state index contributed by atoms with van der Waals surface area (Å²) in [6.45, 7) is 7.86. The van der Waals surface area contributed by atoms with Crippen molar-refractivity contribution in [1.82, 2.24) is 5.32 Å². The zero-order valence-electron chi connectivity index (χ0n) is 11.6. The van der Waals surface area contributed by atoms with Crippen molar-refractivity contribution in [2.24, 2.45) is 0 Å². The van der Waals surface area contributed by atoms with Crippen LogP contribution in [0.2, 0.25) is 0 Å². The van der Waals surface area contributed by atoms with Gasteiger partial charge >= 0.3 is 0 Å². The van der Waals surface area contributed by atoms with Crippen LogP contribution in [0.5, 0.6) is 0 Å². The molecule has 3 nitrogen and oxygen atoms in total. The number of anilines is 1. The topological polar surface area (TPSA) is 32.3 Å². The molecule has 0 aliphatic heterocycles. The zero-order valence-corrected chi connectivity index (χ0v) is 11.6. The number of carbonyl (C=O) groups is 1. The Morgan fingerprint density at radius 1 is 1.28 bits per heavy atom. The molecular weight excluding hydrogens is 224 g/mol. The van der Waals surface area contributed by atoms with Crippen molar-refractivity contribution in [2.75, 3.05) is 18.0 Å². The van der Waals surface area contributed by atoms with E-state index in [-0.39, 0.29) is 5.91 Å². The van der Waals surface area contributed by atoms with Crippen LogP contribution in [-0.4, -0.2) is 25.0 Å². The van der Waals surface area contributed by atoms with E-state index in [4.69, 9.17) is 0 Å². The molecule has 0 saturated carbocycles. The molecular formula is C15H24N2O. The van der Waals surface area contributed by atoms with E-state index in [1.54, 1.807) is 0 Å². The molecule has 100 valence electrons. The number of nitrogens with one attached hydrogen (secondary N) is 1. The molecule has 1 N–H and O–H groups in total. The molecule has 0 spiro atoms. The van der Waals surface area contributed by atoms with Gasteiger partial charge in [-0.05, 0) is 32.0 Å². The number of hydrogen-bond donors (Lipinski definition) is 1. The van der Waals surface area contributed by atoms with Gasteiger partial charge in [0.05, 0.1) is 0 Å². The van der Waals surface area contributed by atoms with E-state index in [0.29, 0.717) is 12.5 Å². The average Bonchev–Trinajstić information content (AvgIpc) is 2.36.